The number of hydrogen-bond acceptors (Lipinski definition) is 2. The van der Waals surface area contributed by atoms with E-state index >= 15 is 0 Å². The quantitative estimate of drug-likeness (QED) is 0.802. The van der Waals surface area contributed by atoms with Crippen LogP contribution in [0.5, 0.6) is 0 Å². The average molecular weight is 240 g/mol. The van der Waals surface area contributed by atoms with Crippen LogP contribution in [-0.4, -0.2) is 30.9 Å². The van der Waals surface area contributed by atoms with Gasteiger partial charge in [-0.1, -0.05) is 27.2 Å². The molecule has 0 radical (unpaired) electrons. The molecular formula is C14H28N2O. The van der Waals surface area contributed by atoms with E-state index in [-0.39, 0.29) is 16.7 Å². The minimum Gasteiger partial charge on any atom is -0.345 e. The second kappa shape index (κ2) is 5.38. The molecule has 0 aliphatic heterocycles. The maximum Gasteiger partial charge on any atom is 0.222 e. The summed E-state index contributed by atoms with van der Waals surface area (Å²) in [5.41, 5.74) is 6.29. The van der Waals surface area contributed by atoms with Gasteiger partial charge in [0, 0.05) is 25.4 Å². The van der Waals surface area contributed by atoms with Crippen LogP contribution in [0.2, 0.25) is 0 Å². The third kappa shape index (κ3) is 4.30. The molecule has 0 atom stereocenters. The Labute approximate surface area is 106 Å². The molecule has 0 aromatic rings. The number of nitrogens with zero attached hydrogens (tertiary/aromatic N) is 1. The third-order valence-corrected chi connectivity index (χ3v) is 3.93. The van der Waals surface area contributed by atoms with Crippen molar-refractivity contribution in [1.82, 2.24) is 4.90 Å². The largest absolute Gasteiger partial charge is 0.345 e. The molecule has 1 saturated carbocycles. The zero-order chi connectivity index (χ0) is 13.1. The molecular weight excluding hydrogens is 212 g/mol. The molecule has 0 spiro atoms. The van der Waals surface area contributed by atoms with E-state index in [1.54, 1.807) is 0 Å². The van der Waals surface area contributed by atoms with Gasteiger partial charge < -0.3 is 10.6 Å². The molecule has 3 nitrogen and oxygen atoms in total. The molecule has 1 amide bonds. The first-order valence-corrected chi connectivity index (χ1v) is 6.72. The summed E-state index contributed by atoms with van der Waals surface area (Å²) in [4.78, 5) is 13.9. The van der Waals surface area contributed by atoms with Gasteiger partial charge in [-0.2, -0.15) is 0 Å². The van der Waals surface area contributed by atoms with E-state index in [2.05, 4.69) is 20.8 Å². The summed E-state index contributed by atoms with van der Waals surface area (Å²) in [6.45, 7) is 8.07. The molecule has 17 heavy (non-hydrogen) atoms. The minimum atomic E-state index is 0.228. The third-order valence-electron chi connectivity index (χ3n) is 3.93. The lowest BCUT2D eigenvalue weighted by Crippen LogP contribution is -2.47. The Morgan fingerprint density at radius 3 is 2.29 bits per heavy atom. The molecule has 1 fully saturated rings. The van der Waals surface area contributed by atoms with Gasteiger partial charge in [0.1, 0.15) is 0 Å². The lowest BCUT2D eigenvalue weighted by atomic mass is 9.68. The van der Waals surface area contributed by atoms with Crippen molar-refractivity contribution in [1.29, 1.82) is 0 Å². The molecule has 1 rings (SSSR count). The highest BCUT2D eigenvalue weighted by atomic mass is 16.2. The van der Waals surface area contributed by atoms with Crippen LogP contribution in [0.15, 0.2) is 0 Å². The molecule has 1 aliphatic carbocycles. The fraction of sp³-hybridized carbons (Fsp3) is 0.929. The van der Waals surface area contributed by atoms with Crippen molar-refractivity contribution < 1.29 is 4.79 Å². The fourth-order valence-electron chi connectivity index (χ4n) is 2.37. The minimum absolute atomic E-state index is 0.228. The fourth-order valence-corrected chi connectivity index (χ4v) is 2.37. The molecule has 0 heterocycles. The molecule has 0 bridgehead atoms. The van der Waals surface area contributed by atoms with Crippen LogP contribution in [0.25, 0.3) is 0 Å². The number of carbonyl (C=O) groups is 1. The Hall–Kier alpha value is -0.570. The van der Waals surface area contributed by atoms with E-state index in [9.17, 15) is 4.79 Å². The van der Waals surface area contributed by atoms with Gasteiger partial charge in [-0.15, -0.1) is 0 Å². The van der Waals surface area contributed by atoms with Crippen LogP contribution in [0.3, 0.4) is 0 Å². The van der Waals surface area contributed by atoms with Gasteiger partial charge >= 0.3 is 0 Å². The van der Waals surface area contributed by atoms with Crippen LogP contribution >= 0.6 is 0 Å². The van der Waals surface area contributed by atoms with Crippen LogP contribution in [0.1, 0.15) is 52.9 Å². The monoisotopic (exact) mass is 240 g/mol. The van der Waals surface area contributed by atoms with Gasteiger partial charge in [0.15, 0.2) is 0 Å². The first kappa shape index (κ1) is 14.5. The Morgan fingerprint density at radius 2 is 1.94 bits per heavy atom. The van der Waals surface area contributed by atoms with Crippen molar-refractivity contribution >= 4 is 5.91 Å². The lowest BCUT2D eigenvalue weighted by molar-refractivity contribution is -0.132. The molecule has 0 unspecified atom stereocenters. The normalized spacial score (nSPS) is 18.6. The SMILES string of the molecule is CN(CC1(CN)CCC1)C(=O)CCC(C)(C)C. The van der Waals surface area contributed by atoms with E-state index in [1.807, 2.05) is 11.9 Å². The molecule has 3 heteroatoms. The zero-order valence-electron chi connectivity index (χ0n) is 11.9. The van der Waals surface area contributed by atoms with Crippen molar-refractivity contribution in [3.8, 4) is 0 Å². The molecule has 2 N–H and O–H groups in total. The van der Waals surface area contributed by atoms with E-state index in [4.69, 9.17) is 5.73 Å². The Kier molecular flexibility index (Phi) is 4.59. The molecule has 100 valence electrons. The number of nitrogens with two attached hydrogens (primary N) is 1. The summed E-state index contributed by atoms with van der Waals surface area (Å²) in [5.74, 6) is 0.264. The topological polar surface area (TPSA) is 46.3 Å². The predicted octanol–water partition coefficient (Wildman–Crippen LogP) is 2.40. The van der Waals surface area contributed by atoms with E-state index in [1.165, 1.54) is 19.3 Å². The Bertz CT molecular complexity index is 258. The Balaban J connectivity index is 2.36. The smallest absolute Gasteiger partial charge is 0.222 e. The van der Waals surface area contributed by atoms with Gasteiger partial charge in [-0.05, 0) is 31.2 Å². The summed E-state index contributed by atoms with van der Waals surface area (Å²) in [6, 6.07) is 0. The Morgan fingerprint density at radius 1 is 1.35 bits per heavy atom. The maximum atomic E-state index is 12.0. The standard InChI is InChI=1S/C14H28N2O/c1-13(2,3)9-6-12(17)16(4)11-14(10-15)7-5-8-14/h5-11,15H2,1-4H3. The van der Waals surface area contributed by atoms with Gasteiger partial charge in [0.2, 0.25) is 5.91 Å². The van der Waals surface area contributed by atoms with Gasteiger partial charge in [-0.25, -0.2) is 0 Å². The van der Waals surface area contributed by atoms with Crippen LogP contribution in [0, 0.1) is 10.8 Å². The summed E-state index contributed by atoms with van der Waals surface area (Å²) in [5, 5.41) is 0. The number of carbonyl (C=O) groups excluding carboxylic acids is 1. The first-order valence-electron chi connectivity index (χ1n) is 6.72. The zero-order valence-corrected chi connectivity index (χ0v) is 11.9. The van der Waals surface area contributed by atoms with Crippen LogP contribution in [0.4, 0.5) is 0 Å². The van der Waals surface area contributed by atoms with E-state index < -0.39 is 0 Å². The highest BCUT2D eigenvalue weighted by molar-refractivity contribution is 5.75. The summed E-state index contributed by atoms with van der Waals surface area (Å²) in [7, 11) is 1.92. The average Bonchev–Trinajstić information content (AvgIpc) is 2.18. The molecule has 1 aliphatic rings. The molecule has 0 aromatic carbocycles. The number of rotatable bonds is 5. The van der Waals surface area contributed by atoms with Crippen molar-refractivity contribution in [2.45, 2.75) is 52.9 Å². The first-order chi connectivity index (χ1) is 7.78. The van der Waals surface area contributed by atoms with Crippen molar-refractivity contribution in [3.05, 3.63) is 0 Å². The van der Waals surface area contributed by atoms with Crippen molar-refractivity contribution in [2.75, 3.05) is 20.1 Å². The second-order valence-corrected chi connectivity index (χ2v) is 6.87. The summed E-state index contributed by atoms with van der Waals surface area (Å²) in [6.07, 6.45) is 5.23. The van der Waals surface area contributed by atoms with Gasteiger partial charge in [0.25, 0.3) is 0 Å². The second-order valence-electron chi connectivity index (χ2n) is 6.87. The van der Waals surface area contributed by atoms with Gasteiger partial charge in [0.05, 0.1) is 0 Å². The highest BCUT2D eigenvalue weighted by Crippen LogP contribution is 2.40. The van der Waals surface area contributed by atoms with Gasteiger partial charge in [-0.3, -0.25) is 4.79 Å². The summed E-state index contributed by atoms with van der Waals surface area (Å²) < 4.78 is 0. The summed E-state index contributed by atoms with van der Waals surface area (Å²) >= 11 is 0. The maximum absolute atomic E-state index is 12.0. The van der Waals surface area contributed by atoms with Crippen LogP contribution in [-0.2, 0) is 4.79 Å². The van der Waals surface area contributed by atoms with E-state index in [0.717, 1.165) is 13.0 Å². The molecule has 0 aromatic heterocycles. The number of amides is 1. The molecule has 0 saturated heterocycles. The van der Waals surface area contributed by atoms with Crippen LogP contribution < -0.4 is 5.73 Å². The van der Waals surface area contributed by atoms with Crippen molar-refractivity contribution in [2.24, 2.45) is 16.6 Å². The predicted molar refractivity (Wildman–Crippen MR) is 71.7 cm³/mol. The number of hydrogen-bond donors (Lipinski definition) is 1. The van der Waals surface area contributed by atoms with Crippen molar-refractivity contribution in [3.63, 3.8) is 0 Å². The lowest BCUT2D eigenvalue weighted by Gasteiger charge is -2.43. The van der Waals surface area contributed by atoms with E-state index in [0.29, 0.717) is 13.0 Å². The highest BCUT2D eigenvalue weighted by Gasteiger charge is 2.37.